The fourth-order valence-corrected chi connectivity index (χ4v) is 4.19. The summed E-state index contributed by atoms with van der Waals surface area (Å²) in [7, 11) is 0. The molecule has 2 aromatic carbocycles. The van der Waals surface area contributed by atoms with Crippen molar-refractivity contribution in [1.82, 2.24) is 10.2 Å². The molecule has 0 radical (unpaired) electrons. The second-order valence-electron chi connectivity index (χ2n) is 7.58. The molecule has 2 aromatic rings. The Hall–Kier alpha value is -2.40. The molecule has 4 rings (SSSR count). The van der Waals surface area contributed by atoms with Gasteiger partial charge in [0, 0.05) is 25.2 Å². The summed E-state index contributed by atoms with van der Waals surface area (Å²) in [6.07, 6.45) is 2.83. The Morgan fingerprint density at radius 2 is 1.78 bits per heavy atom. The minimum absolute atomic E-state index is 0.0282. The highest BCUT2D eigenvalue weighted by Crippen LogP contribution is 2.39. The smallest absolute Gasteiger partial charge is 0.228 e. The third-order valence-corrected chi connectivity index (χ3v) is 5.80. The van der Waals surface area contributed by atoms with Crippen LogP contribution in [0.2, 0.25) is 0 Å². The summed E-state index contributed by atoms with van der Waals surface area (Å²) in [5.74, 6) is 0.573. The van der Waals surface area contributed by atoms with Gasteiger partial charge in [-0.25, -0.2) is 4.39 Å². The van der Waals surface area contributed by atoms with E-state index in [4.69, 9.17) is 4.74 Å². The Kier molecular flexibility index (Phi) is 5.12. The maximum absolute atomic E-state index is 12.9. The number of piperidine rings is 1. The van der Waals surface area contributed by atoms with Crippen LogP contribution in [0, 0.1) is 5.82 Å². The number of amides is 1. The van der Waals surface area contributed by atoms with Gasteiger partial charge in [-0.05, 0) is 49.1 Å². The molecule has 5 heteroatoms. The van der Waals surface area contributed by atoms with Crippen molar-refractivity contribution in [3.63, 3.8) is 0 Å². The van der Waals surface area contributed by atoms with Crippen molar-refractivity contribution < 1.29 is 13.9 Å². The molecule has 0 saturated carbocycles. The van der Waals surface area contributed by atoms with Crippen LogP contribution in [0.15, 0.2) is 54.6 Å². The first-order valence-corrected chi connectivity index (χ1v) is 9.61. The number of hydrogen-bond donors (Lipinski definition) is 1. The molecule has 2 aliphatic rings. The van der Waals surface area contributed by atoms with Crippen molar-refractivity contribution in [2.75, 3.05) is 26.2 Å². The number of nitrogens with zero attached hydrogens (tertiary/aromatic N) is 1. The van der Waals surface area contributed by atoms with Crippen molar-refractivity contribution >= 4 is 5.91 Å². The normalized spacial score (nSPS) is 22.0. The van der Waals surface area contributed by atoms with E-state index in [1.54, 1.807) is 12.1 Å². The highest BCUT2D eigenvalue weighted by molar-refractivity contribution is 5.87. The van der Waals surface area contributed by atoms with Gasteiger partial charge >= 0.3 is 0 Å². The van der Waals surface area contributed by atoms with E-state index in [-0.39, 0.29) is 23.2 Å². The number of benzene rings is 2. The minimum Gasteiger partial charge on any atom is -0.492 e. The SMILES string of the molecule is O=C1NC2(CCN(CCOc3ccc(F)cc3)CC2)CC1c1ccccc1. The quantitative estimate of drug-likeness (QED) is 0.880. The first-order valence-electron chi connectivity index (χ1n) is 9.61. The summed E-state index contributed by atoms with van der Waals surface area (Å²) in [4.78, 5) is 14.9. The molecule has 0 aromatic heterocycles. The van der Waals surface area contributed by atoms with Crippen LogP contribution in [-0.2, 0) is 4.79 Å². The van der Waals surface area contributed by atoms with Gasteiger partial charge in [0.15, 0.2) is 0 Å². The summed E-state index contributed by atoms with van der Waals surface area (Å²) < 4.78 is 18.6. The summed E-state index contributed by atoms with van der Waals surface area (Å²) in [6.45, 7) is 3.32. The second-order valence-corrected chi connectivity index (χ2v) is 7.58. The minimum atomic E-state index is -0.254. The molecular weight excluding hydrogens is 343 g/mol. The molecule has 2 fully saturated rings. The number of likely N-dealkylation sites (tertiary alicyclic amines) is 1. The van der Waals surface area contributed by atoms with Gasteiger partial charge in [0.25, 0.3) is 0 Å². The molecule has 4 nitrogen and oxygen atoms in total. The Labute approximate surface area is 159 Å². The van der Waals surface area contributed by atoms with Crippen molar-refractivity contribution in [2.24, 2.45) is 0 Å². The van der Waals surface area contributed by atoms with Gasteiger partial charge in [-0.3, -0.25) is 9.69 Å². The Morgan fingerprint density at radius 3 is 2.48 bits per heavy atom. The molecule has 2 aliphatic heterocycles. The first-order chi connectivity index (χ1) is 13.1. The van der Waals surface area contributed by atoms with Gasteiger partial charge in [0.2, 0.25) is 5.91 Å². The van der Waals surface area contributed by atoms with Crippen LogP contribution in [0.25, 0.3) is 0 Å². The Morgan fingerprint density at radius 1 is 1.07 bits per heavy atom. The highest BCUT2D eigenvalue weighted by atomic mass is 19.1. The molecule has 1 atom stereocenters. The van der Waals surface area contributed by atoms with E-state index in [9.17, 15) is 9.18 Å². The molecule has 2 saturated heterocycles. The van der Waals surface area contributed by atoms with Gasteiger partial charge in [-0.1, -0.05) is 30.3 Å². The lowest BCUT2D eigenvalue weighted by Crippen LogP contribution is -2.51. The maximum Gasteiger partial charge on any atom is 0.228 e. The van der Waals surface area contributed by atoms with E-state index in [1.807, 2.05) is 30.3 Å². The number of nitrogens with one attached hydrogen (secondary N) is 1. The van der Waals surface area contributed by atoms with Gasteiger partial charge in [-0.2, -0.15) is 0 Å². The molecule has 1 N–H and O–H groups in total. The van der Waals surface area contributed by atoms with Gasteiger partial charge in [-0.15, -0.1) is 0 Å². The van der Waals surface area contributed by atoms with Crippen LogP contribution < -0.4 is 10.1 Å². The number of carbonyl (C=O) groups excluding carboxylic acids is 1. The van der Waals surface area contributed by atoms with Crippen LogP contribution in [-0.4, -0.2) is 42.6 Å². The zero-order chi connectivity index (χ0) is 18.7. The van der Waals surface area contributed by atoms with Gasteiger partial charge < -0.3 is 10.1 Å². The van der Waals surface area contributed by atoms with Crippen LogP contribution in [0.4, 0.5) is 4.39 Å². The van der Waals surface area contributed by atoms with Crippen LogP contribution >= 0.6 is 0 Å². The number of halogens is 1. The zero-order valence-electron chi connectivity index (χ0n) is 15.4. The molecule has 1 amide bonds. The molecule has 2 heterocycles. The average Bonchev–Trinajstić information content (AvgIpc) is 3.02. The lowest BCUT2D eigenvalue weighted by atomic mass is 9.82. The van der Waals surface area contributed by atoms with Crippen molar-refractivity contribution in [1.29, 1.82) is 0 Å². The molecule has 27 heavy (non-hydrogen) atoms. The van der Waals surface area contributed by atoms with E-state index >= 15 is 0 Å². The third kappa shape index (κ3) is 4.14. The number of rotatable bonds is 5. The standard InChI is InChI=1S/C22H25FN2O2/c23-18-6-8-19(9-7-18)27-15-14-25-12-10-22(11-13-25)16-20(21(26)24-22)17-4-2-1-3-5-17/h1-9,20H,10-16H2,(H,24,26). The Bertz CT molecular complexity index is 771. The van der Waals surface area contributed by atoms with Crippen LogP contribution in [0.3, 0.4) is 0 Å². The average molecular weight is 368 g/mol. The topological polar surface area (TPSA) is 41.6 Å². The highest BCUT2D eigenvalue weighted by Gasteiger charge is 2.45. The monoisotopic (exact) mass is 368 g/mol. The number of carbonyl (C=O) groups is 1. The number of hydrogen-bond acceptors (Lipinski definition) is 3. The van der Waals surface area contributed by atoms with Crippen molar-refractivity contribution in [3.8, 4) is 5.75 Å². The Balaban J connectivity index is 1.26. The summed E-state index contributed by atoms with van der Waals surface area (Å²) in [6, 6.07) is 16.2. The van der Waals surface area contributed by atoms with E-state index in [2.05, 4.69) is 10.2 Å². The third-order valence-electron chi connectivity index (χ3n) is 5.80. The first kappa shape index (κ1) is 18.0. The van der Waals surface area contributed by atoms with E-state index in [0.717, 1.165) is 44.5 Å². The molecular formula is C22H25FN2O2. The zero-order valence-corrected chi connectivity index (χ0v) is 15.4. The van der Waals surface area contributed by atoms with Gasteiger partial charge in [0.05, 0.1) is 5.92 Å². The molecule has 1 spiro atoms. The predicted octanol–water partition coefficient (Wildman–Crippen LogP) is 3.34. The van der Waals surface area contributed by atoms with E-state index in [1.165, 1.54) is 12.1 Å². The second kappa shape index (κ2) is 7.69. The van der Waals surface area contributed by atoms with Crippen LogP contribution in [0.5, 0.6) is 5.75 Å². The van der Waals surface area contributed by atoms with Crippen molar-refractivity contribution in [3.05, 3.63) is 66.0 Å². The molecule has 1 unspecified atom stereocenters. The van der Waals surface area contributed by atoms with Crippen molar-refractivity contribution in [2.45, 2.75) is 30.7 Å². The summed E-state index contributed by atoms with van der Waals surface area (Å²) in [5, 5.41) is 3.29. The summed E-state index contributed by atoms with van der Waals surface area (Å²) >= 11 is 0. The predicted molar refractivity (Wildman–Crippen MR) is 102 cm³/mol. The van der Waals surface area contributed by atoms with Crippen LogP contribution in [0.1, 0.15) is 30.7 Å². The molecule has 0 aliphatic carbocycles. The largest absolute Gasteiger partial charge is 0.492 e. The fraction of sp³-hybridized carbons (Fsp3) is 0.409. The van der Waals surface area contributed by atoms with E-state index in [0.29, 0.717) is 12.4 Å². The lowest BCUT2D eigenvalue weighted by Gasteiger charge is -2.39. The van der Waals surface area contributed by atoms with Gasteiger partial charge in [0.1, 0.15) is 18.2 Å². The summed E-state index contributed by atoms with van der Waals surface area (Å²) in [5.41, 5.74) is 1.05. The lowest BCUT2D eigenvalue weighted by molar-refractivity contribution is -0.121. The molecule has 0 bridgehead atoms. The fourth-order valence-electron chi connectivity index (χ4n) is 4.19. The number of ether oxygens (including phenoxy) is 1. The van der Waals surface area contributed by atoms with E-state index < -0.39 is 0 Å². The molecule has 142 valence electrons. The maximum atomic E-state index is 12.9.